The second kappa shape index (κ2) is 10.0. The van der Waals surface area contributed by atoms with Crippen LogP contribution in [-0.2, 0) is 0 Å². The summed E-state index contributed by atoms with van der Waals surface area (Å²) in [6.45, 7) is 5.64. The summed E-state index contributed by atoms with van der Waals surface area (Å²) in [7, 11) is 0. The van der Waals surface area contributed by atoms with E-state index in [1.807, 2.05) is 24.3 Å². The number of hydrogen-bond acceptors (Lipinski definition) is 6. The van der Waals surface area contributed by atoms with Crippen LogP contribution in [0, 0.1) is 6.92 Å². The molecule has 2 atom stereocenters. The lowest BCUT2D eigenvalue weighted by molar-refractivity contribution is 0.0779. The lowest BCUT2D eigenvalue weighted by Crippen LogP contribution is -2.33. The Morgan fingerprint density at radius 1 is 0.914 bits per heavy atom. The average molecular weight is 474 g/mol. The highest BCUT2D eigenvalue weighted by Gasteiger charge is 2.40. The maximum Gasteiger partial charge on any atom is 0.178 e. The number of aryl methyl sites for hydroxylation is 1. The van der Waals surface area contributed by atoms with Crippen LogP contribution in [-0.4, -0.2) is 47.1 Å². The van der Waals surface area contributed by atoms with Crippen molar-refractivity contribution in [2.24, 2.45) is 0 Å². The maximum absolute atomic E-state index is 13.7. The molecule has 1 fully saturated rings. The highest BCUT2D eigenvalue weighted by atomic mass is 16.5. The molecule has 0 saturated carbocycles. The van der Waals surface area contributed by atoms with Gasteiger partial charge in [-0.3, -0.25) is 9.69 Å². The number of nitrogens with zero attached hydrogens (tertiary/aromatic N) is 1. The summed E-state index contributed by atoms with van der Waals surface area (Å²) in [5.74, 6) is 0.714. The molecule has 6 heteroatoms. The number of ether oxygens (including phenoxy) is 2. The average Bonchev–Trinajstić information content (AvgIpc) is 2.85. The van der Waals surface area contributed by atoms with Gasteiger partial charge in [0.15, 0.2) is 5.78 Å². The number of ketones is 1. The van der Waals surface area contributed by atoms with E-state index in [1.165, 1.54) is 25.3 Å². The number of Topliss-reactive ketones (excluding diaryl/α,β-unsaturated/α-hetero) is 1. The fraction of sp³-hybridized carbons (Fsp3) is 0.345. The molecule has 0 spiro atoms. The lowest BCUT2D eigenvalue weighted by Gasteiger charge is -2.34. The molecule has 0 radical (unpaired) electrons. The number of piperidine rings is 1. The van der Waals surface area contributed by atoms with E-state index >= 15 is 0 Å². The molecule has 35 heavy (non-hydrogen) atoms. The summed E-state index contributed by atoms with van der Waals surface area (Å²) in [4.78, 5) is 16.2. The van der Waals surface area contributed by atoms with Gasteiger partial charge in [-0.1, -0.05) is 30.7 Å². The van der Waals surface area contributed by atoms with E-state index in [0.717, 1.165) is 36.5 Å². The first-order valence-electron chi connectivity index (χ1n) is 12.3. The van der Waals surface area contributed by atoms with Gasteiger partial charge in [0.25, 0.3) is 0 Å². The van der Waals surface area contributed by atoms with Gasteiger partial charge in [0.1, 0.15) is 35.7 Å². The van der Waals surface area contributed by atoms with Crippen molar-refractivity contribution in [2.75, 3.05) is 26.2 Å². The van der Waals surface area contributed by atoms with Crippen LogP contribution < -0.4 is 9.47 Å². The monoisotopic (exact) mass is 473 g/mol. The van der Waals surface area contributed by atoms with Crippen molar-refractivity contribution in [2.45, 2.75) is 38.2 Å². The van der Waals surface area contributed by atoms with Crippen molar-refractivity contribution < 1.29 is 24.5 Å². The largest absolute Gasteiger partial charge is 0.508 e. The number of likely N-dealkylation sites (tertiary alicyclic amines) is 1. The van der Waals surface area contributed by atoms with E-state index in [-0.39, 0.29) is 17.3 Å². The topological polar surface area (TPSA) is 79.2 Å². The Morgan fingerprint density at radius 3 is 2.31 bits per heavy atom. The van der Waals surface area contributed by atoms with Gasteiger partial charge in [-0.2, -0.15) is 0 Å². The molecule has 0 aliphatic carbocycles. The Labute approximate surface area is 205 Å². The summed E-state index contributed by atoms with van der Waals surface area (Å²) in [5, 5.41) is 19.9. The number of fused-ring (bicyclic) bond motifs is 1. The number of carbonyl (C=O) groups is 1. The summed E-state index contributed by atoms with van der Waals surface area (Å²) in [6.07, 6.45) is 3.26. The molecule has 5 rings (SSSR count). The number of benzene rings is 3. The third kappa shape index (κ3) is 4.98. The Balaban J connectivity index is 1.39. The summed E-state index contributed by atoms with van der Waals surface area (Å²) >= 11 is 0. The first-order chi connectivity index (χ1) is 17.0. The van der Waals surface area contributed by atoms with Crippen LogP contribution in [0.15, 0.2) is 60.7 Å². The third-order valence-corrected chi connectivity index (χ3v) is 6.96. The number of carbonyl (C=O) groups excluding carboxylic acids is 1. The van der Waals surface area contributed by atoms with E-state index in [1.54, 1.807) is 37.3 Å². The minimum Gasteiger partial charge on any atom is -0.508 e. The van der Waals surface area contributed by atoms with Crippen molar-refractivity contribution in [1.29, 1.82) is 0 Å². The Hall–Kier alpha value is -3.51. The molecule has 6 nitrogen and oxygen atoms in total. The van der Waals surface area contributed by atoms with Crippen LogP contribution in [0.4, 0.5) is 0 Å². The molecule has 2 aliphatic rings. The summed E-state index contributed by atoms with van der Waals surface area (Å²) < 4.78 is 12.3. The Bertz CT molecular complexity index is 1180. The van der Waals surface area contributed by atoms with E-state index < -0.39 is 12.0 Å². The van der Waals surface area contributed by atoms with Crippen molar-refractivity contribution >= 4 is 5.78 Å². The molecule has 2 heterocycles. The number of phenols is 2. The quantitative estimate of drug-likeness (QED) is 0.501. The van der Waals surface area contributed by atoms with Crippen LogP contribution in [0.5, 0.6) is 23.0 Å². The zero-order valence-corrected chi connectivity index (χ0v) is 19.9. The zero-order valence-electron chi connectivity index (χ0n) is 19.9. The lowest BCUT2D eigenvalue weighted by atomic mass is 9.80. The third-order valence-electron chi connectivity index (χ3n) is 6.96. The van der Waals surface area contributed by atoms with Gasteiger partial charge in [0.2, 0.25) is 0 Å². The normalized spacial score (nSPS) is 20.2. The van der Waals surface area contributed by atoms with Gasteiger partial charge in [-0.25, -0.2) is 0 Å². The van der Waals surface area contributed by atoms with Gasteiger partial charge >= 0.3 is 0 Å². The van der Waals surface area contributed by atoms with Crippen LogP contribution in [0.2, 0.25) is 0 Å². The Morgan fingerprint density at radius 2 is 1.60 bits per heavy atom. The predicted molar refractivity (Wildman–Crippen MR) is 134 cm³/mol. The molecule has 0 aromatic heterocycles. The zero-order chi connectivity index (χ0) is 24.4. The highest BCUT2D eigenvalue weighted by molar-refractivity contribution is 6.06. The minimum atomic E-state index is -0.586. The molecule has 0 bridgehead atoms. The van der Waals surface area contributed by atoms with Gasteiger partial charge in [0.05, 0.1) is 11.5 Å². The van der Waals surface area contributed by atoms with Crippen LogP contribution in [0.25, 0.3) is 0 Å². The molecular weight excluding hydrogens is 442 g/mol. The highest BCUT2D eigenvalue weighted by Crippen LogP contribution is 2.46. The van der Waals surface area contributed by atoms with Gasteiger partial charge < -0.3 is 19.7 Å². The van der Waals surface area contributed by atoms with E-state index in [9.17, 15) is 15.0 Å². The fourth-order valence-electron chi connectivity index (χ4n) is 5.14. The number of phenolic OH excluding ortho intramolecular Hbond substituents is 2. The molecule has 2 aliphatic heterocycles. The van der Waals surface area contributed by atoms with E-state index in [0.29, 0.717) is 23.5 Å². The van der Waals surface area contributed by atoms with Gasteiger partial charge in [-0.05, 0) is 79.9 Å². The molecule has 182 valence electrons. The fourth-order valence-corrected chi connectivity index (χ4v) is 5.14. The maximum atomic E-state index is 13.7. The second-order valence-corrected chi connectivity index (χ2v) is 9.43. The molecule has 0 unspecified atom stereocenters. The minimum absolute atomic E-state index is 0.0633. The van der Waals surface area contributed by atoms with Gasteiger partial charge in [-0.15, -0.1) is 0 Å². The molecule has 2 N–H and O–H groups in total. The molecular formula is C29H31NO5. The number of rotatable bonds is 6. The van der Waals surface area contributed by atoms with Crippen LogP contribution >= 0.6 is 0 Å². The number of aromatic hydroxyl groups is 2. The second-order valence-electron chi connectivity index (χ2n) is 9.43. The van der Waals surface area contributed by atoms with Crippen molar-refractivity contribution in [3.8, 4) is 23.0 Å². The predicted octanol–water partition coefficient (Wildman–Crippen LogP) is 5.37. The van der Waals surface area contributed by atoms with Crippen molar-refractivity contribution in [3.63, 3.8) is 0 Å². The summed E-state index contributed by atoms with van der Waals surface area (Å²) in [5.41, 5.74) is 2.75. The molecule has 3 aromatic rings. The number of hydrogen-bond donors (Lipinski definition) is 2. The van der Waals surface area contributed by atoms with Crippen molar-refractivity contribution in [3.05, 3.63) is 82.9 Å². The first-order valence-corrected chi connectivity index (χ1v) is 12.3. The SMILES string of the molecule is Cc1cc(O)cc2c1C(=O)[C@@H](c1ccc(O)cc1)[C@@H](c1ccc(OCCN3CCCCC3)cc1)O2. The Kier molecular flexibility index (Phi) is 6.64. The standard InChI is InChI=1S/C29H31NO5/c1-19-17-23(32)18-25-26(19)28(33)27(20-5-9-22(31)10-6-20)29(35-25)21-7-11-24(12-8-21)34-16-15-30-13-3-2-4-14-30/h5-12,17-18,27,29,31-32H,2-4,13-16H2,1H3/t27-,29-/m1/s1. The summed E-state index contributed by atoms with van der Waals surface area (Å²) in [6, 6.07) is 17.4. The first kappa shape index (κ1) is 23.2. The van der Waals surface area contributed by atoms with Crippen molar-refractivity contribution in [1.82, 2.24) is 4.90 Å². The van der Waals surface area contributed by atoms with E-state index in [2.05, 4.69) is 4.90 Å². The van der Waals surface area contributed by atoms with Crippen LogP contribution in [0.1, 0.15) is 58.3 Å². The van der Waals surface area contributed by atoms with Gasteiger partial charge in [0, 0.05) is 12.6 Å². The molecule has 1 saturated heterocycles. The van der Waals surface area contributed by atoms with Crippen LogP contribution in [0.3, 0.4) is 0 Å². The molecule has 0 amide bonds. The molecule has 3 aromatic carbocycles. The smallest absolute Gasteiger partial charge is 0.178 e. The van der Waals surface area contributed by atoms with E-state index in [4.69, 9.17) is 9.47 Å².